The van der Waals surface area contributed by atoms with Crippen LogP contribution in [0.15, 0.2) is 51.9 Å². The molecule has 0 saturated carbocycles. The summed E-state index contributed by atoms with van der Waals surface area (Å²) in [5.41, 5.74) is 0.903. The number of nitrogens with one attached hydrogen (secondary N) is 1. The van der Waals surface area contributed by atoms with E-state index in [9.17, 15) is 14.0 Å². The minimum Gasteiger partial charge on any atom is -0.450 e. The van der Waals surface area contributed by atoms with Crippen molar-refractivity contribution in [1.82, 2.24) is 9.88 Å². The lowest BCUT2D eigenvalue weighted by Gasteiger charge is -2.26. The number of carbonyl (C=O) groups is 1. The number of carbonyl (C=O) groups excluding carboxylic acids is 1. The van der Waals surface area contributed by atoms with Gasteiger partial charge in [-0.2, -0.15) is 0 Å². The van der Waals surface area contributed by atoms with E-state index in [-0.39, 0.29) is 33.6 Å². The molecule has 3 heterocycles. The molecule has 1 amide bonds. The fraction of sp³-hybridized carbons (Fsp3) is 0.318. The van der Waals surface area contributed by atoms with Crippen molar-refractivity contribution in [2.24, 2.45) is 0 Å². The zero-order chi connectivity index (χ0) is 20.5. The van der Waals surface area contributed by atoms with Crippen LogP contribution in [0.5, 0.6) is 0 Å². The van der Waals surface area contributed by atoms with Crippen molar-refractivity contribution in [3.05, 3.63) is 75.7 Å². The predicted molar refractivity (Wildman–Crippen MR) is 106 cm³/mol. The zero-order valence-electron chi connectivity index (χ0n) is 16.4. The first-order valence-corrected chi connectivity index (χ1v) is 9.85. The molecule has 3 aromatic rings. The summed E-state index contributed by atoms with van der Waals surface area (Å²) in [6.45, 7) is 7.35. The number of quaternary nitrogens is 1. The summed E-state index contributed by atoms with van der Waals surface area (Å²) in [5, 5.41) is 0.145. The Morgan fingerprint density at radius 1 is 1.14 bits per heavy atom. The summed E-state index contributed by atoms with van der Waals surface area (Å²) in [7, 11) is 0. The molecule has 0 saturated heterocycles. The molecule has 4 rings (SSSR count). The lowest BCUT2D eigenvalue weighted by Crippen LogP contribution is -3.12. The van der Waals surface area contributed by atoms with Gasteiger partial charge >= 0.3 is 0 Å². The second-order valence-electron chi connectivity index (χ2n) is 7.20. The van der Waals surface area contributed by atoms with Gasteiger partial charge in [0.25, 0.3) is 5.91 Å². The van der Waals surface area contributed by atoms with Gasteiger partial charge in [-0.15, -0.1) is 0 Å². The Morgan fingerprint density at radius 2 is 1.86 bits per heavy atom. The number of halogens is 1. The van der Waals surface area contributed by atoms with Crippen LogP contribution in [0.3, 0.4) is 0 Å². The van der Waals surface area contributed by atoms with E-state index in [4.69, 9.17) is 4.42 Å². The summed E-state index contributed by atoms with van der Waals surface area (Å²) >= 11 is 0. The first kappa shape index (κ1) is 19.3. The molecule has 0 unspecified atom stereocenters. The molecular weight excluding hydrogens is 373 g/mol. The Kier molecular flexibility index (Phi) is 5.15. The highest BCUT2D eigenvalue weighted by Gasteiger charge is 2.42. The molecule has 0 bridgehead atoms. The van der Waals surface area contributed by atoms with Crippen LogP contribution >= 0.6 is 0 Å². The van der Waals surface area contributed by atoms with Crippen LogP contribution in [0.4, 0.5) is 4.39 Å². The van der Waals surface area contributed by atoms with Crippen LogP contribution in [-0.4, -0.2) is 42.0 Å². The number of hydrogen-bond acceptors (Lipinski definition) is 4. The SMILES string of the molecule is CC[NH+](CC)CCN1C(=O)c2oc3ccc(F)cc3c(=O)c2[C@@H]1c1ccncc1. The maximum absolute atomic E-state index is 13.8. The van der Waals surface area contributed by atoms with Gasteiger partial charge in [0.2, 0.25) is 5.76 Å². The van der Waals surface area contributed by atoms with E-state index >= 15 is 0 Å². The number of hydrogen-bond donors (Lipinski definition) is 1. The van der Waals surface area contributed by atoms with E-state index in [2.05, 4.69) is 18.8 Å². The number of aromatic nitrogens is 1. The average Bonchev–Trinajstić information content (AvgIpc) is 3.02. The number of amides is 1. The normalized spacial score (nSPS) is 16.1. The van der Waals surface area contributed by atoms with Gasteiger partial charge in [0.1, 0.15) is 11.4 Å². The molecule has 0 aliphatic carbocycles. The number of nitrogens with zero attached hydrogens (tertiary/aromatic N) is 2. The highest BCUT2D eigenvalue weighted by atomic mass is 19.1. The molecule has 1 atom stereocenters. The van der Waals surface area contributed by atoms with Gasteiger partial charge in [-0.1, -0.05) is 0 Å². The molecule has 1 aliphatic rings. The summed E-state index contributed by atoms with van der Waals surface area (Å²) in [4.78, 5) is 33.6. The smallest absolute Gasteiger partial charge is 0.291 e. The van der Waals surface area contributed by atoms with Crippen LogP contribution < -0.4 is 10.3 Å². The van der Waals surface area contributed by atoms with Crippen molar-refractivity contribution in [1.29, 1.82) is 0 Å². The molecule has 1 N–H and O–H groups in total. The molecule has 150 valence electrons. The van der Waals surface area contributed by atoms with Crippen LogP contribution in [0.1, 0.15) is 41.6 Å². The second kappa shape index (κ2) is 7.75. The standard InChI is InChI=1S/C22H22FN3O3/c1-3-25(4-2)11-12-26-19(14-7-9-24-10-8-14)18-20(27)16-13-15(23)5-6-17(16)29-21(18)22(26)28/h5-10,13,19H,3-4,11-12H2,1-2H3/p+1/t19-/m0/s1. The van der Waals surface area contributed by atoms with Crippen molar-refractivity contribution in [2.45, 2.75) is 19.9 Å². The zero-order valence-corrected chi connectivity index (χ0v) is 16.4. The third kappa shape index (κ3) is 3.31. The van der Waals surface area contributed by atoms with Crippen LogP contribution in [-0.2, 0) is 0 Å². The Bertz CT molecular complexity index is 1110. The first-order chi connectivity index (χ1) is 14.0. The molecule has 1 aromatic carbocycles. The van der Waals surface area contributed by atoms with Crippen LogP contribution in [0.2, 0.25) is 0 Å². The minimum absolute atomic E-state index is 0.0467. The van der Waals surface area contributed by atoms with Gasteiger partial charge in [-0.3, -0.25) is 14.6 Å². The fourth-order valence-electron chi connectivity index (χ4n) is 4.00. The maximum atomic E-state index is 13.8. The predicted octanol–water partition coefficient (Wildman–Crippen LogP) is 1.80. The third-order valence-corrected chi connectivity index (χ3v) is 5.66. The number of rotatable bonds is 6. The molecule has 7 heteroatoms. The molecule has 1 aliphatic heterocycles. The lowest BCUT2D eigenvalue weighted by molar-refractivity contribution is -0.895. The Labute approximate surface area is 167 Å². The van der Waals surface area contributed by atoms with E-state index in [1.807, 2.05) is 0 Å². The van der Waals surface area contributed by atoms with E-state index in [0.29, 0.717) is 6.54 Å². The Hall–Kier alpha value is -3.06. The minimum atomic E-state index is -0.570. The maximum Gasteiger partial charge on any atom is 0.291 e. The van der Waals surface area contributed by atoms with E-state index < -0.39 is 11.9 Å². The molecule has 0 spiro atoms. The highest BCUT2D eigenvalue weighted by molar-refractivity contribution is 5.99. The van der Waals surface area contributed by atoms with E-state index in [1.165, 1.54) is 17.0 Å². The van der Waals surface area contributed by atoms with Crippen molar-refractivity contribution >= 4 is 16.9 Å². The summed E-state index contributed by atoms with van der Waals surface area (Å²) in [6, 6.07) is 6.79. The monoisotopic (exact) mass is 396 g/mol. The number of pyridine rings is 1. The summed E-state index contributed by atoms with van der Waals surface area (Å²) in [5.74, 6) is -0.779. The number of benzene rings is 1. The Morgan fingerprint density at radius 3 is 2.55 bits per heavy atom. The second-order valence-corrected chi connectivity index (χ2v) is 7.20. The molecular formula is C22H23FN3O3+. The van der Waals surface area contributed by atoms with Gasteiger partial charge in [0.15, 0.2) is 5.43 Å². The van der Waals surface area contributed by atoms with Crippen molar-refractivity contribution in [3.8, 4) is 0 Å². The van der Waals surface area contributed by atoms with Gasteiger partial charge in [-0.25, -0.2) is 4.39 Å². The average molecular weight is 396 g/mol. The molecule has 2 aromatic heterocycles. The molecule has 29 heavy (non-hydrogen) atoms. The van der Waals surface area contributed by atoms with Gasteiger partial charge in [-0.05, 0) is 49.7 Å². The van der Waals surface area contributed by atoms with Crippen molar-refractivity contribution in [2.75, 3.05) is 26.2 Å². The summed E-state index contributed by atoms with van der Waals surface area (Å²) in [6.07, 6.45) is 3.27. The quantitative estimate of drug-likeness (QED) is 0.690. The Balaban J connectivity index is 1.87. The first-order valence-electron chi connectivity index (χ1n) is 9.85. The van der Waals surface area contributed by atoms with Gasteiger partial charge < -0.3 is 14.2 Å². The number of likely N-dealkylation sites (N-methyl/N-ethyl adjacent to an activating group) is 1. The topological polar surface area (TPSA) is 67.8 Å². The van der Waals surface area contributed by atoms with Crippen LogP contribution in [0.25, 0.3) is 11.0 Å². The van der Waals surface area contributed by atoms with Crippen molar-refractivity contribution < 1.29 is 18.5 Å². The lowest BCUT2D eigenvalue weighted by atomic mass is 9.99. The van der Waals surface area contributed by atoms with Crippen molar-refractivity contribution in [3.63, 3.8) is 0 Å². The van der Waals surface area contributed by atoms with Crippen LogP contribution in [0, 0.1) is 5.82 Å². The fourth-order valence-corrected chi connectivity index (χ4v) is 4.00. The molecule has 0 fully saturated rings. The number of fused-ring (bicyclic) bond motifs is 2. The van der Waals surface area contributed by atoms with Gasteiger partial charge in [0, 0.05) is 12.4 Å². The molecule has 0 radical (unpaired) electrons. The van der Waals surface area contributed by atoms with E-state index in [0.717, 1.165) is 31.3 Å². The third-order valence-electron chi connectivity index (χ3n) is 5.66. The molecule has 6 nitrogen and oxygen atoms in total. The highest BCUT2D eigenvalue weighted by Crippen LogP contribution is 2.37. The van der Waals surface area contributed by atoms with E-state index in [1.54, 1.807) is 29.4 Å². The largest absolute Gasteiger partial charge is 0.450 e. The summed E-state index contributed by atoms with van der Waals surface area (Å²) < 4.78 is 19.6. The van der Waals surface area contributed by atoms with Gasteiger partial charge in [0.05, 0.1) is 43.2 Å².